The Morgan fingerprint density at radius 1 is 1.69 bits per heavy atom. The lowest BCUT2D eigenvalue weighted by Crippen LogP contribution is -2.48. The van der Waals surface area contributed by atoms with Gasteiger partial charge in [-0.3, -0.25) is 9.59 Å². The first kappa shape index (κ1) is 8.50. The van der Waals surface area contributed by atoms with Gasteiger partial charge in [-0.25, -0.2) is 0 Å². The summed E-state index contributed by atoms with van der Waals surface area (Å²) in [7, 11) is 0. The van der Waals surface area contributed by atoms with Crippen LogP contribution in [0.5, 0.6) is 0 Å². The minimum atomic E-state index is -0.00580. The third-order valence-corrected chi connectivity index (χ3v) is 2.39. The molecule has 2 aliphatic rings. The molecular weight excluding hydrogens is 174 g/mol. The zero-order valence-electron chi connectivity index (χ0n) is 7.14. The first-order chi connectivity index (χ1) is 6.31. The average Bonchev–Trinajstić information content (AvgIpc) is 2.43. The van der Waals surface area contributed by atoms with Crippen molar-refractivity contribution in [1.29, 1.82) is 0 Å². The number of carbonyl (C=O) groups excluding carboxylic acids is 2. The van der Waals surface area contributed by atoms with E-state index in [1.54, 1.807) is 4.90 Å². The summed E-state index contributed by atoms with van der Waals surface area (Å²) in [6.07, 6.45) is 1.20. The van der Waals surface area contributed by atoms with Crippen LogP contribution in [0.25, 0.3) is 0 Å². The van der Waals surface area contributed by atoms with Gasteiger partial charge in [-0.2, -0.15) is 0 Å². The van der Waals surface area contributed by atoms with Gasteiger partial charge in [0.25, 0.3) is 6.47 Å². The molecule has 2 fully saturated rings. The second-order valence-corrected chi connectivity index (χ2v) is 3.22. The monoisotopic (exact) mass is 185 g/mol. The largest absolute Gasteiger partial charge is 0.468 e. The molecule has 5 heteroatoms. The van der Waals surface area contributed by atoms with E-state index >= 15 is 0 Å². The molecule has 13 heavy (non-hydrogen) atoms. The Hall–Kier alpha value is -1.10. The van der Waals surface area contributed by atoms with E-state index in [1.807, 2.05) is 0 Å². The summed E-state index contributed by atoms with van der Waals surface area (Å²) in [6, 6.07) is 0. The highest BCUT2D eigenvalue weighted by atomic mass is 16.5. The predicted molar refractivity (Wildman–Crippen MR) is 41.6 cm³/mol. The third-order valence-electron chi connectivity index (χ3n) is 2.39. The van der Waals surface area contributed by atoms with E-state index in [0.29, 0.717) is 32.5 Å². The van der Waals surface area contributed by atoms with Gasteiger partial charge in [-0.05, 0) is 0 Å². The number of amides is 1. The Kier molecular flexibility index (Phi) is 2.18. The van der Waals surface area contributed by atoms with Gasteiger partial charge in [0.05, 0.1) is 19.1 Å². The first-order valence-electron chi connectivity index (χ1n) is 4.31. The van der Waals surface area contributed by atoms with Crippen LogP contribution in [0.2, 0.25) is 0 Å². The lowest BCUT2D eigenvalue weighted by Gasteiger charge is -2.31. The number of hydrogen-bond donors (Lipinski definition) is 0. The van der Waals surface area contributed by atoms with Crippen LogP contribution in [0, 0.1) is 0 Å². The molecule has 0 aromatic heterocycles. The maximum atomic E-state index is 10.9. The molecule has 0 spiro atoms. The highest BCUT2D eigenvalue weighted by Gasteiger charge is 2.44. The molecule has 2 saturated heterocycles. The molecule has 0 radical (unpaired) electrons. The van der Waals surface area contributed by atoms with Crippen molar-refractivity contribution in [2.75, 3.05) is 13.2 Å². The molecule has 2 aliphatic heterocycles. The average molecular weight is 185 g/mol. The molecule has 0 aromatic rings. The molecule has 5 nitrogen and oxygen atoms in total. The van der Waals surface area contributed by atoms with E-state index in [2.05, 4.69) is 4.74 Å². The molecular formula is C8H11NO4. The topological polar surface area (TPSA) is 55.8 Å². The number of ether oxygens (including phenoxy) is 2. The highest BCUT2D eigenvalue weighted by molar-refractivity contribution is 5.82. The number of rotatable bonds is 4. The van der Waals surface area contributed by atoms with Crippen LogP contribution in [0.1, 0.15) is 12.8 Å². The van der Waals surface area contributed by atoms with Crippen molar-refractivity contribution in [3.05, 3.63) is 0 Å². The van der Waals surface area contributed by atoms with Crippen LogP contribution < -0.4 is 0 Å². The molecule has 72 valence electrons. The fourth-order valence-electron chi connectivity index (χ4n) is 1.66. The van der Waals surface area contributed by atoms with Crippen LogP contribution in [0.3, 0.4) is 0 Å². The van der Waals surface area contributed by atoms with Gasteiger partial charge in [-0.1, -0.05) is 0 Å². The molecule has 1 amide bonds. The van der Waals surface area contributed by atoms with E-state index in [4.69, 9.17) is 4.74 Å². The second-order valence-electron chi connectivity index (χ2n) is 3.22. The summed E-state index contributed by atoms with van der Waals surface area (Å²) in [5.41, 5.74) is 0. The Morgan fingerprint density at radius 2 is 2.54 bits per heavy atom. The van der Waals surface area contributed by atoms with E-state index < -0.39 is 0 Å². The second kappa shape index (κ2) is 3.33. The fraction of sp³-hybridized carbons (Fsp3) is 0.750. The zero-order valence-corrected chi connectivity index (χ0v) is 7.14. The van der Waals surface area contributed by atoms with Crippen LogP contribution in [-0.4, -0.2) is 42.8 Å². The SMILES string of the molecule is O=COCCC1CN2C(=O)CC2O1. The van der Waals surface area contributed by atoms with Crippen molar-refractivity contribution in [2.45, 2.75) is 25.2 Å². The summed E-state index contributed by atoms with van der Waals surface area (Å²) >= 11 is 0. The normalized spacial score (nSPS) is 31.1. The fourth-order valence-corrected chi connectivity index (χ4v) is 1.66. The smallest absolute Gasteiger partial charge is 0.293 e. The van der Waals surface area contributed by atoms with E-state index in [-0.39, 0.29) is 18.2 Å². The molecule has 2 heterocycles. The summed E-state index contributed by atoms with van der Waals surface area (Å²) < 4.78 is 10.0. The van der Waals surface area contributed by atoms with E-state index in [1.165, 1.54) is 0 Å². The minimum Gasteiger partial charge on any atom is -0.468 e. The minimum absolute atomic E-state index is 0.00580. The van der Waals surface area contributed by atoms with Crippen LogP contribution >= 0.6 is 0 Å². The number of hydrogen-bond acceptors (Lipinski definition) is 4. The summed E-state index contributed by atoms with van der Waals surface area (Å²) in [5.74, 6) is 0.156. The van der Waals surface area contributed by atoms with Crippen molar-refractivity contribution >= 4 is 12.4 Å². The van der Waals surface area contributed by atoms with Gasteiger partial charge < -0.3 is 14.4 Å². The maximum absolute atomic E-state index is 10.9. The summed E-state index contributed by atoms with van der Waals surface area (Å²) in [4.78, 5) is 22.5. The van der Waals surface area contributed by atoms with Gasteiger partial charge in [0.15, 0.2) is 0 Å². The molecule has 2 rings (SSSR count). The van der Waals surface area contributed by atoms with E-state index in [0.717, 1.165) is 0 Å². The summed E-state index contributed by atoms with van der Waals surface area (Å²) in [6.45, 7) is 1.43. The number of carbonyl (C=O) groups is 2. The molecule has 0 aliphatic carbocycles. The van der Waals surface area contributed by atoms with Crippen molar-refractivity contribution in [3.8, 4) is 0 Å². The third kappa shape index (κ3) is 1.51. The quantitative estimate of drug-likeness (QED) is 0.337. The number of fused-ring (bicyclic) bond motifs is 1. The predicted octanol–water partition coefficient (Wildman–Crippen LogP) is -0.493. The van der Waals surface area contributed by atoms with Crippen molar-refractivity contribution in [1.82, 2.24) is 4.90 Å². The Bertz CT molecular complexity index is 230. The lowest BCUT2D eigenvalue weighted by atomic mass is 10.2. The van der Waals surface area contributed by atoms with Crippen molar-refractivity contribution < 1.29 is 19.1 Å². The molecule has 0 N–H and O–H groups in total. The van der Waals surface area contributed by atoms with Gasteiger partial charge >= 0.3 is 0 Å². The molecule has 0 bridgehead atoms. The molecule has 2 unspecified atom stereocenters. The van der Waals surface area contributed by atoms with Gasteiger partial charge in [0.2, 0.25) is 5.91 Å². The maximum Gasteiger partial charge on any atom is 0.293 e. The van der Waals surface area contributed by atoms with Gasteiger partial charge in [-0.15, -0.1) is 0 Å². The Balaban J connectivity index is 1.72. The van der Waals surface area contributed by atoms with Gasteiger partial charge in [0.1, 0.15) is 6.23 Å². The Labute approximate surface area is 75.6 Å². The molecule has 0 saturated carbocycles. The van der Waals surface area contributed by atoms with Crippen LogP contribution in [0.4, 0.5) is 0 Å². The van der Waals surface area contributed by atoms with Crippen LogP contribution in [-0.2, 0) is 19.1 Å². The highest BCUT2D eigenvalue weighted by Crippen LogP contribution is 2.29. The van der Waals surface area contributed by atoms with Gasteiger partial charge in [0, 0.05) is 13.0 Å². The van der Waals surface area contributed by atoms with E-state index in [9.17, 15) is 9.59 Å². The first-order valence-corrected chi connectivity index (χ1v) is 4.31. The number of β-lactam (4-membered cyclic amide) rings is 1. The van der Waals surface area contributed by atoms with Crippen molar-refractivity contribution in [2.24, 2.45) is 0 Å². The molecule has 0 aromatic carbocycles. The van der Waals surface area contributed by atoms with Crippen molar-refractivity contribution in [3.63, 3.8) is 0 Å². The summed E-state index contributed by atoms with van der Waals surface area (Å²) in [5, 5.41) is 0. The Morgan fingerprint density at radius 3 is 3.15 bits per heavy atom. The standard InChI is InChI=1S/C8H11NO4/c10-5-12-2-1-6-4-9-7(11)3-8(9)13-6/h5-6,8H,1-4H2. The molecule has 2 atom stereocenters. The zero-order chi connectivity index (χ0) is 9.26. The lowest BCUT2D eigenvalue weighted by molar-refractivity contribution is -0.156. The number of nitrogens with zero attached hydrogens (tertiary/aromatic N) is 1. The van der Waals surface area contributed by atoms with Crippen LogP contribution in [0.15, 0.2) is 0 Å².